The van der Waals surface area contributed by atoms with Crippen LogP contribution in [0, 0.1) is 13.8 Å². The molecule has 0 saturated heterocycles. The fourth-order valence-corrected chi connectivity index (χ4v) is 3.50. The molecule has 1 aromatic heterocycles. The van der Waals surface area contributed by atoms with E-state index < -0.39 is 0 Å². The zero-order chi connectivity index (χ0) is 19.9. The van der Waals surface area contributed by atoms with Gasteiger partial charge in [0.05, 0.1) is 18.6 Å². The van der Waals surface area contributed by atoms with E-state index >= 15 is 0 Å². The minimum atomic E-state index is -0.0475. The van der Waals surface area contributed by atoms with Crippen LogP contribution in [0.3, 0.4) is 0 Å². The summed E-state index contributed by atoms with van der Waals surface area (Å²) >= 11 is 1.32. The smallest absolute Gasteiger partial charge is 0.230 e. The van der Waals surface area contributed by atoms with E-state index in [4.69, 9.17) is 4.74 Å². The summed E-state index contributed by atoms with van der Waals surface area (Å²) in [4.78, 5) is 12.2. The Morgan fingerprint density at radius 1 is 1.18 bits per heavy atom. The highest BCUT2D eigenvalue weighted by atomic mass is 32.2. The Kier molecular flexibility index (Phi) is 6.65. The van der Waals surface area contributed by atoms with Crippen molar-refractivity contribution in [3.05, 3.63) is 59.2 Å². The van der Waals surface area contributed by atoms with Crippen molar-refractivity contribution in [1.82, 2.24) is 25.5 Å². The molecule has 0 saturated carbocycles. The van der Waals surface area contributed by atoms with Crippen molar-refractivity contribution in [2.24, 2.45) is 0 Å². The summed E-state index contributed by atoms with van der Waals surface area (Å²) in [5.74, 6) is 1.04. The van der Waals surface area contributed by atoms with Gasteiger partial charge >= 0.3 is 0 Å². The molecule has 0 radical (unpaired) electrons. The van der Waals surface area contributed by atoms with Gasteiger partial charge < -0.3 is 10.1 Å². The van der Waals surface area contributed by atoms with E-state index in [1.807, 2.05) is 50.2 Å². The molecule has 3 aromatic rings. The van der Waals surface area contributed by atoms with Gasteiger partial charge in [-0.1, -0.05) is 41.6 Å². The van der Waals surface area contributed by atoms with E-state index in [1.165, 1.54) is 17.3 Å². The van der Waals surface area contributed by atoms with E-state index in [-0.39, 0.29) is 11.7 Å². The van der Waals surface area contributed by atoms with Gasteiger partial charge in [-0.05, 0) is 60.0 Å². The van der Waals surface area contributed by atoms with Crippen LogP contribution in [-0.4, -0.2) is 45.5 Å². The molecule has 1 amide bonds. The predicted molar refractivity (Wildman–Crippen MR) is 109 cm³/mol. The van der Waals surface area contributed by atoms with Gasteiger partial charge in [0.1, 0.15) is 5.75 Å². The zero-order valence-electron chi connectivity index (χ0n) is 16.2. The predicted octanol–water partition coefficient (Wildman–Crippen LogP) is 2.74. The first-order valence-electron chi connectivity index (χ1n) is 8.95. The molecule has 2 aromatic carbocycles. The van der Waals surface area contributed by atoms with Crippen LogP contribution in [-0.2, 0) is 11.2 Å². The third kappa shape index (κ3) is 5.10. The first-order chi connectivity index (χ1) is 13.6. The quantitative estimate of drug-likeness (QED) is 0.589. The third-order valence-corrected chi connectivity index (χ3v) is 5.17. The minimum Gasteiger partial charge on any atom is -0.497 e. The topological polar surface area (TPSA) is 81.9 Å². The van der Waals surface area contributed by atoms with Gasteiger partial charge in [-0.2, -0.15) is 4.68 Å². The number of amides is 1. The molecule has 7 nitrogen and oxygen atoms in total. The maximum atomic E-state index is 12.2. The Hall–Kier alpha value is -2.87. The average molecular weight is 398 g/mol. The molecule has 8 heteroatoms. The molecule has 0 bridgehead atoms. The molecule has 0 unspecified atom stereocenters. The second kappa shape index (κ2) is 9.36. The number of hydrogen-bond donors (Lipinski definition) is 1. The van der Waals surface area contributed by atoms with Crippen LogP contribution in [0.1, 0.15) is 16.7 Å². The number of ether oxygens (including phenoxy) is 1. The first-order valence-corrected chi connectivity index (χ1v) is 9.94. The van der Waals surface area contributed by atoms with Crippen molar-refractivity contribution in [3.8, 4) is 11.4 Å². The number of tetrazole rings is 1. The molecule has 28 heavy (non-hydrogen) atoms. The average Bonchev–Trinajstić information content (AvgIpc) is 3.15. The lowest BCUT2D eigenvalue weighted by atomic mass is 10.1. The summed E-state index contributed by atoms with van der Waals surface area (Å²) in [7, 11) is 1.64. The number of carbonyl (C=O) groups excluding carboxylic acids is 1. The standard InChI is InChI=1S/C20H23N5O2S/c1-14-4-9-18(15(2)12-14)25-20(22-23-24-25)28-13-19(26)21-11-10-16-5-7-17(27-3)8-6-16/h4-9,12H,10-11,13H2,1-3H3,(H,21,26). The number of benzene rings is 2. The molecule has 0 fully saturated rings. The Bertz CT molecular complexity index is 940. The molecule has 146 valence electrons. The van der Waals surface area contributed by atoms with Gasteiger partial charge in [-0.15, -0.1) is 5.10 Å². The highest BCUT2D eigenvalue weighted by molar-refractivity contribution is 7.99. The summed E-state index contributed by atoms with van der Waals surface area (Å²) in [6, 6.07) is 13.9. The van der Waals surface area contributed by atoms with Crippen molar-refractivity contribution in [3.63, 3.8) is 0 Å². The lowest BCUT2D eigenvalue weighted by Gasteiger charge is -2.09. The number of methoxy groups -OCH3 is 1. The van der Waals surface area contributed by atoms with Gasteiger partial charge in [-0.3, -0.25) is 4.79 Å². The van der Waals surface area contributed by atoms with Gasteiger partial charge in [0.15, 0.2) is 0 Å². The number of nitrogens with one attached hydrogen (secondary N) is 1. The molecule has 0 atom stereocenters. The van der Waals surface area contributed by atoms with Crippen LogP contribution in [0.4, 0.5) is 0 Å². The van der Waals surface area contributed by atoms with Crippen molar-refractivity contribution in [1.29, 1.82) is 0 Å². The van der Waals surface area contributed by atoms with Crippen molar-refractivity contribution < 1.29 is 9.53 Å². The molecular weight excluding hydrogens is 374 g/mol. The SMILES string of the molecule is COc1ccc(CCNC(=O)CSc2nnnn2-c2ccc(C)cc2C)cc1. The second-order valence-corrected chi connectivity index (χ2v) is 7.34. The zero-order valence-corrected chi connectivity index (χ0v) is 17.0. The molecular formula is C20H23N5O2S. The van der Waals surface area contributed by atoms with E-state index in [0.717, 1.165) is 29.0 Å². The minimum absolute atomic E-state index is 0.0475. The molecule has 1 N–H and O–H groups in total. The highest BCUT2D eigenvalue weighted by Gasteiger charge is 2.13. The Labute approximate surface area is 168 Å². The molecule has 1 heterocycles. The monoisotopic (exact) mass is 397 g/mol. The number of aromatic nitrogens is 4. The fraction of sp³-hybridized carbons (Fsp3) is 0.300. The van der Waals surface area contributed by atoms with Crippen molar-refractivity contribution in [2.45, 2.75) is 25.4 Å². The summed E-state index contributed by atoms with van der Waals surface area (Å²) in [5.41, 5.74) is 4.32. The summed E-state index contributed by atoms with van der Waals surface area (Å²) < 4.78 is 6.81. The molecule has 3 rings (SSSR count). The molecule has 0 aliphatic rings. The van der Waals surface area contributed by atoms with E-state index in [2.05, 4.69) is 26.9 Å². The maximum Gasteiger partial charge on any atom is 0.230 e. The van der Waals surface area contributed by atoms with E-state index in [9.17, 15) is 4.79 Å². The number of aryl methyl sites for hydroxylation is 2. The largest absolute Gasteiger partial charge is 0.497 e. The summed E-state index contributed by atoms with van der Waals surface area (Å²) in [6.07, 6.45) is 0.765. The summed E-state index contributed by atoms with van der Waals surface area (Å²) in [6.45, 7) is 4.64. The number of thioether (sulfide) groups is 1. The lowest BCUT2D eigenvalue weighted by molar-refractivity contribution is -0.118. The van der Waals surface area contributed by atoms with Crippen LogP contribution in [0.15, 0.2) is 47.6 Å². The Morgan fingerprint density at radius 2 is 1.96 bits per heavy atom. The number of carbonyl (C=O) groups is 1. The van der Waals surface area contributed by atoms with Crippen LogP contribution >= 0.6 is 11.8 Å². The van der Waals surface area contributed by atoms with Crippen LogP contribution < -0.4 is 10.1 Å². The van der Waals surface area contributed by atoms with E-state index in [0.29, 0.717) is 11.7 Å². The maximum absolute atomic E-state index is 12.2. The lowest BCUT2D eigenvalue weighted by Crippen LogP contribution is -2.27. The Balaban J connectivity index is 1.50. The van der Waals surface area contributed by atoms with Crippen LogP contribution in [0.25, 0.3) is 5.69 Å². The van der Waals surface area contributed by atoms with E-state index in [1.54, 1.807) is 11.8 Å². The Morgan fingerprint density at radius 3 is 2.68 bits per heavy atom. The number of hydrogen-bond acceptors (Lipinski definition) is 6. The van der Waals surface area contributed by atoms with Gasteiger partial charge in [0.2, 0.25) is 11.1 Å². The van der Waals surface area contributed by atoms with Gasteiger partial charge in [0, 0.05) is 6.54 Å². The van der Waals surface area contributed by atoms with Crippen molar-refractivity contribution >= 4 is 17.7 Å². The van der Waals surface area contributed by atoms with Gasteiger partial charge in [0.25, 0.3) is 0 Å². The third-order valence-electron chi connectivity index (χ3n) is 4.25. The molecule has 0 spiro atoms. The first kappa shape index (κ1) is 19.9. The van der Waals surface area contributed by atoms with Crippen LogP contribution in [0.5, 0.6) is 5.75 Å². The number of nitrogens with zero attached hydrogens (tertiary/aromatic N) is 4. The number of rotatable bonds is 8. The highest BCUT2D eigenvalue weighted by Crippen LogP contribution is 2.21. The molecule has 0 aliphatic heterocycles. The van der Waals surface area contributed by atoms with Gasteiger partial charge in [-0.25, -0.2) is 0 Å². The molecule has 0 aliphatic carbocycles. The normalized spacial score (nSPS) is 10.7. The van der Waals surface area contributed by atoms with Crippen molar-refractivity contribution in [2.75, 3.05) is 19.4 Å². The second-order valence-electron chi connectivity index (χ2n) is 6.40. The summed E-state index contributed by atoms with van der Waals surface area (Å²) in [5, 5.41) is 15.4. The van der Waals surface area contributed by atoms with Crippen LogP contribution in [0.2, 0.25) is 0 Å². The fourth-order valence-electron chi connectivity index (χ4n) is 2.78.